The van der Waals surface area contributed by atoms with Crippen LogP contribution in [0.15, 0.2) is 24.8 Å². The average Bonchev–Trinajstić information content (AvgIpc) is 2.16. The minimum Gasteiger partial charge on any atom is -0.250 e. The van der Waals surface area contributed by atoms with Gasteiger partial charge in [-0.05, 0) is 30.5 Å². The zero-order valence-electron chi connectivity index (χ0n) is 7.89. The van der Waals surface area contributed by atoms with Crippen LogP contribution in [0.3, 0.4) is 0 Å². The van der Waals surface area contributed by atoms with E-state index in [0.29, 0.717) is 0 Å². The van der Waals surface area contributed by atoms with E-state index in [0.717, 1.165) is 16.7 Å². The second kappa shape index (κ2) is 4.22. The molecule has 1 aromatic carbocycles. The Morgan fingerprint density at radius 1 is 1.54 bits per heavy atom. The van der Waals surface area contributed by atoms with Crippen molar-refractivity contribution in [2.75, 3.05) is 6.67 Å². The van der Waals surface area contributed by atoms with Gasteiger partial charge in [-0.25, -0.2) is 0 Å². The Morgan fingerprint density at radius 2 is 2.23 bits per heavy atom. The summed E-state index contributed by atoms with van der Waals surface area (Å²) in [6.07, 6.45) is 1.76. The molecule has 0 saturated carbocycles. The molecule has 0 heterocycles. The molecule has 0 N–H and O–H groups in total. The van der Waals surface area contributed by atoms with E-state index in [2.05, 4.69) is 13.5 Å². The Morgan fingerprint density at radius 3 is 2.77 bits per heavy atom. The minimum absolute atomic E-state index is 0.284. The van der Waals surface area contributed by atoms with Crippen molar-refractivity contribution in [1.82, 2.24) is 0 Å². The fourth-order valence-corrected chi connectivity index (χ4v) is 1.42. The van der Waals surface area contributed by atoms with Crippen LogP contribution < -0.4 is 0 Å². The SMILES string of the molecule is [CH2]C(CF)c1cccc(C)c1C=C. The number of alkyl halides is 1. The van der Waals surface area contributed by atoms with E-state index >= 15 is 0 Å². The Labute approximate surface area is 79.1 Å². The Hall–Kier alpha value is -1.11. The van der Waals surface area contributed by atoms with E-state index in [1.54, 1.807) is 6.08 Å². The molecule has 0 amide bonds. The fraction of sp³-hybridized carbons (Fsp3) is 0.250. The summed E-state index contributed by atoms with van der Waals surface area (Å²) in [6.45, 7) is 9.04. The predicted molar refractivity (Wildman–Crippen MR) is 55.3 cm³/mol. The number of hydrogen-bond donors (Lipinski definition) is 0. The lowest BCUT2D eigenvalue weighted by Crippen LogP contribution is -1.99. The zero-order chi connectivity index (χ0) is 9.84. The maximum absolute atomic E-state index is 12.4. The van der Waals surface area contributed by atoms with E-state index in [1.165, 1.54) is 0 Å². The van der Waals surface area contributed by atoms with Gasteiger partial charge >= 0.3 is 0 Å². The molecule has 1 aromatic rings. The van der Waals surface area contributed by atoms with Gasteiger partial charge in [0, 0.05) is 5.92 Å². The molecule has 0 spiro atoms. The molecule has 1 atom stereocenters. The maximum atomic E-state index is 12.4. The van der Waals surface area contributed by atoms with Crippen LogP contribution in [0.5, 0.6) is 0 Å². The molecule has 0 aliphatic carbocycles. The van der Waals surface area contributed by atoms with Crippen LogP contribution in [0, 0.1) is 13.8 Å². The summed E-state index contributed by atoms with van der Waals surface area (Å²) in [5, 5.41) is 0. The summed E-state index contributed by atoms with van der Waals surface area (Å²) >= 11 is 0. The molecule has 0 saturated heterocycles. The third kappa shape index (κ3) is 1.97. The second-order valence-corrected chi connectivity index (χ2v) is 3.13. The summed E-state index contributed by atoms with van der Waals surface area (Å²) in [5.41, 5.74) is 3.08. The highest BCUT2D eigenvalue weighted by atomic mass is 19.1. The van der Waals surface area contributed by atoms with Gasteiger partial charge in [0.15, 0.2) is 0 Å². The third-order valence-corrected chi connectivity index (χ3v) is 2.19. The van der Waals surface area contributed by atoms with Gasteiger partial charge in [-0.3, -0.25) is 4.39 Å². The predicted octanol–water partition coefficient (Wildman–Crippen LogP) is 3.53. The van der Waals surface area contributed by atoms with Crippen molar-refractivity contribution < 1.29 is 4.39 Å². The van der Waals surface area contributed by atoms with Crippen molar-refractivity contribution in [2.45, 2.75) is 12.8 Å². The van der Waals surface area contributed by atoms with Crippen LogP contribution in [-0.2, 0) is 0 Å². The molecule has 0 aromatic heterocycles. The molecular formula is C12H14F. The lowest BCUT2D eigenvalue weighted by atomic mass is 9.93. The van der Waals surface area contributed by atoms with Crippen LogP contribution in [0.4, 0.5) is 4.39 Å². The third-order valence-electron chi connectivity index (χ3n) is 2.19. The summed E-state index contributed by atoms with van der Waals surface area (Å²) < 4.78 is 12.4. The molecule has 1 rings (SSSR count). The van der Waals surface area contributed by atoms with Gasteiger partial charge in [-0.2, -0.15) is 0 Å². The highest BCUT2D eigenvalue weighted by molar-refractivity contribution is 5.57. The molecular weight excluding hydrogens is 163 g/mol. The molecule has 0 aliphatic heterocycles. The summed E-state index contributed by atoms with van der Waals surface area (Å²) in [6, 6.07) is 5.82. The van der Waals surface area contributed by atoms with Gasteiger partial charge in [0.05, 0.1) is 6.67 Å². The molecule has 1 radical (unpaired) electrons. The van der Waals surface area contributed by atoms with Gasteiger partial charge in [-0.15, -0.1) is 0 Å². The van der Waals surface area contributed by atoms with Crippen LogP contribution >= 0.6 is 0 Å². The van der Waals surface area contributed by atoms with Crippen molar-refractivity contribution in [1.29, 1.82) is 0 Å². The smallest absolute Gasteiger partial charge is 0.0963 e. The van der Waals surface area contributed by atoms with E-state index < -0.39 is 6.67 Å². The lowest BCUT2D eigenvalue weighted by Gasteiger charge is -2.12. The molecule has 0 bridgehead atoms. The Kier molecular flexibility index (Phi) is 3.24. The second-order valence-electron chi connectivity index (χ2n) is 3.13. The molecule has 13 heavy (non-hydrogen) atoms. The minimum atomic E-state index is -0.426. The highest BCUT2D eigenvalue weighted by Gasteiger charge is 2.09. The van der Waals surface area contributed by atoms with Gasteiger partial charge in [-0.1, -0.05) is 30.9 Å². The average molecular weight is 177 g/mol. The van der Waals surface area contributed by atoms with E-state index in [9.17, 15) is 4.39 Å². The quantitative estimate of drug-likeness (QED) is 0.662. The van der Waals surface area contributed by atoms with Crippen molar-refractivity contribution in [3.63, 3.8) is 0 Å². The zero-order valence-corrected chi connectivity index (χ0v) is 7.89. The number of halogens is 1. The van der Waals surface area contributed by atoms with Crippen molar-refractivity contribution in [2.24, 2.45) is 0 Å². The van der Waals surface area contributed by atoms with Crippen LogP contribution in [0.1, 0.15) is 22.6 Å². The molecule has 0 aliphatic rings. The van der Waals surface area contributed by atoms with Crippen molar-refractivity contribution >= 4 is 6.08 Å². The normalized spacial score (nSPS) is 12.5. The van der Waals surface area contributed by atoms with Crippen LogP contribution in [-0.4, -0.2) is 6.67 Å². The number of hydrogen-bond acceptors (Lipinski definition) is 0. The summed E-state index contributed by atoms with van der Waals surface area (Å²) in [5.74, 6) is -0.284. The van der Waals surface area contributed by atoms with Gasteiger partial charge in [0.1, 0.15) is 0 Å². The van der Waals surface area contributed by atoms with Crippen LogP contribution in [0.2, 0.25) is 0 Å². The highest BCUT2D eigenvalue weighted by Crippen LogP contribution is 2.23. The van der Waals surface area contributed by atoms with Crippen molar-refractivity contribution in [3.8, 4) is 0 Å². The Balaban J connectivity index is 3.19. The maximum Gasteiger partial charge on any atom is 0.0963 e. The van der Waals surface area contributed by atoms with Gasteiger partial charge in [0.2, 0.25) is 0 Å². The standard InChI is InChI=1S/C12H14F/c1-4-11-9(2)6-5-7-12(11)10(3)8-13/h4-7,10H,1,3,8H2,2H3. The van der Waals surface area contributed by atoms with Gasteiger partial charge < -0.3 is 0 Å². The first-order valence-corrected chi connectivity index (χ1v) is 4.31. The van der Waals surface area contributed by atoms with Crippen molar-refractivity contribution in [3.05, 3.63) is 48.4 Å². The molecule has 69 valence electrons. The molecule has 0 fully saturated rings. The first-order valence-electron chi connectivity index (χ1n) is 4.31. The molecule has 1 heteroatoms. The molecule has 0 nitrogen and oxygen atoms in total. The van der Waals surface area contributed by atoms with Crippen LogP contribution in [0.25, 0.3) is 6.08 Å². The molecule has 1 unspecified atom stereocenters. The summed E-state index contributed by atoms with van der Waals surface area (Å²) in [4.78, 5) is 0. The number of benzene rings is 1. The first-order chi connectivity index (χ1) is 6.20. The van der Waals surface area contributed by atoms with E-state index in [4.69, 9.17) is 0 Å². The lowest BCUT2D eigenvalue weighted by molar-refractivity contribution is 0.465. The van der Waals surface area contributed by atoms with E-state index in [1.807, 2.05) is 25.1 Å². The summed E-state index contributed by atoms with van der Waals surface area (Å²) in [7, 11) is 0. The Bertz CT molecular complexity index is 302. The fourth-order valence-electron chi connectivity index (χ4n) is 1.42. The first kappa shape index (κ1) is 9.97. The number of aryl methyl sites for hydroxylation is 1. The largest absolute Gasteiger partial charge is 0.250 e. The van der Waals surface area contributed by atoms with Gasteiger partial charge in [0.25, 0.3) is 0 Å². The monoisotopic (exact) mass is 177 g/mol. The topological polar surface area (TPSA) is 0 Å². The number of rotatable bonds is 3. The van der Waals surface area contributed by atoms with E-state index in [-0.39, 0.29) is 5.92 Å².